The Hall–Kier alpha value is -4.66. The van der Waals surface area contributed by atoms with Gasteiger partial charge in [-0.15, -0.1) is 17.7 Å². The van der Waals surface area contributed by atoms with E-state index in [2.05, 4.69) is 205 Å². The molecular formula is C49H49N4Pt-3. The summed E-state index contributed by atoms with van der Waals surface area (Å²) in [7, 11) is 0. The molecule has 7 aromatic rings. The molecule has 0 unspecified atom stereocenters. The van der Waals surface area contributed by atoms with E-state index in [1.54, 1.807) is 0 Å². The number of rotatable bonds is 5. The molecule has 0 atom stereocenters. The summed E-state index contributed by atoms with van der Waals surface area (Å²) in [6.07, 6.45) is 2.64. The number of benzene rings is 5. The van der Waals surface area contributed by atoms with Gasteiger partial charge in [-0.2, -0.15) is 53.6 Å². The first-order valence-corrected chi connectivity index (χ1v) is 18.8. The third-order valence-electron chi connectivity index (χ3n) is 10.5. The van der Waals surface area contributed by atoms with Crippen LogP contribution in [-0.4, -0.2) is 9.55 Å². The fourth-order valence-electron chi connectivity index (χ4n) is 7.36. The minimum atomic E-state index is 0. The Morgan fingerprint density at radius 2 is 1.20 bits per heavy atom. The van der Waals surface area contributed by atoms with Crippen LogP contribution in [-0.2, 0) is 43.7 Å². The monoisotopic (exact) mass is 888 g/mol. The maximum absolute atomic E-state index is 4.87. The van der Waals surface area contributed by atoms with Gasteiger partial charge in [-0.25, -0.2) is 4.98 Å². The van der Waals surface area contributed by atoms with Gasteiger partial charge in [-0.3, -0.25) is 0 Å². The third-order valence-corrected chi connectivity index (χ3v) is 10.5. The molecule has 3 heterocycles. The van der Waals surface area contributed by atoms with Crippen molar-refractivity contribution in [1.29, 1.82) is 0 Å². The predicted molar refractivity (Wildman–Crippen MR) is 223 cm³/mol. The molecule has 8 rings (SSSR count). The van der Waals surface area contributed by atoms with E-state index in [0.29, 0.717) is 6.42 Å². The van der Waals surface area contributed by atoms with E-state index in [4.69, 9.17) is 4.98 Å². The molecule has 0 N–H and O–H groups in total. The van der Waals surface area contributed by atoms with Gasteiger partial charge in [-0.05, 0) is 87.2 Å². The van der Waals surface area contributed by atoms with E-state index in [0.717, 1.165) is 45.0 Å². The second-order valence-corrected chi connectivity index (χ2v) is 17.6. The van der Waals surface area contributed by atoms with Crippen LogP contribution in [0.25, 0.3) is 27.6 Å². The van der Waals surface area contributed by atoms with Gasteiger partial charge >= 0.3 is 0 Å². The van der Waals surface area contributed by atoms with Gasteiger partial charge < -0.3 is 14.4 Å². The van der Waals surface area contributed by atoms with Crippen molar-refractivity contribution in [3.8, 4) is 5.82 Å². The summed E-state index contributed by atoms with van der Waals surface area (Å²) in [6.45, 7) is 22.7. The van der Waals surface area contributed by atoms with Crippen molar-refractivity contribution in [2.24, 2.45) is 0 Å². The summed E-state index contributed by atoms with van der Waals surface area (Å²) >= 11 is 0. The molecule has 4 nitrogen and oxygen atoms in total. The van der Waals surface area contributed by atoms with Crippen molar-refractivity contribution in [2.45, 2.75) is 85.0 Å². The molecule has 0 radical (unpaired) electrons. The van der Waals surface area contributed by atoms with E-state index in [1.807, 2.05) is 6.20 Å². The Balaban J connectivity index is 0.00000450. The summed E-state index contributed by atoms with van der Waals surface area (Å²) in [6, 6.07) is 47.3. The van der Waals surface area contributed by atoms with Gasteiger partial charge in [0.1, 0.15) is 5.82 Å². The van der Waals surface area contributed by atoms with Crippen molar-refractivity contribution < 1.29 is 21.1 Å². The molecule has 2 aromatic heterocycles. The molecule has 0 saturated heterocycles. The Morgan fingerprint density at radius 3 is 1.89 bits per heavy atom. The number of hydrogen-bond donors (Lipinski definition) is 0. The Bertz CT molecular complexity index is 2460. The molecule has 0 fully saturated rings. The number of hydrogen-bond acceptors (Lipinski definition) is 3. The van der Waals surface area contributed by atoms with Gasteiger partial charge in [0.05, 0.1) is 0 Å². The summed E-state index contributed by atoms with van der Waals surface area (Å²) in [5.74, 6) is 0.918. The standard InChI is InChI=1S/C49H49N4.Pt/c1-47(2,3)35-23-24-50-46(31-35)53-42-18-11-10-17-40(42)41-22-21-34(27-45(41)53)25-33-15-14-16-38(26-33)51-32-52(44-20-13-12-19-43(44)51)39-29-36(48(4,5)6)28-37(30-39)49(7,8)9;/h10-24,28-32H,25H2,1-9H3;/q-3;. The van der Waals surface area contributed by atoms with Crippen molar-refractivity contribution in [3.05, 3.63) is 162 Å². The molecule has 0 saturated carbocycles. The normalized spacial score (nSPS) is 13.4. The Kier molecular flexibility index (Phi) is 9.68. The van der Waals surface area contributed by atoms with Crippen molar-refractivity contribution in [2.75, 3.05) is 9.80 Å². The number of fused-ring (bicyclic) bond motifs is 4. The fraction of sp³-hybridized carbons (Fsp3) is 0.265. The van der Waals surface area contributed by atoms with Crippen molar-refractivity contribution in [1.82, 2.24) is 9.55 Å². The number of para-hydroxylation sites is 3. The van der Waals surface area contributed by atoms with Gasteiger partial charge in [0.2, 0.25) is 0 Å². The van der Waals surface area contributed by atoms with Crippen LogP contribution >= 0.6 is 0 Å². The average Bonchev–Trinajstić information content (AvgIpc) is 3.67. The predicted octanol–water partition coefficient (Wildman–Crippen LogP) is 12.7. The van der Waals surface area contributed by atoms with Gasteiger partial charge in [-0.1, -0.05) is 104 Å². The summed E-state index contributed by atoms with van der Waals surface area (Å²) < 4.78 is 2.27. The van der Waals surface area contributed by atoms with E-state index in [9.17, 15) is 0 Å². The van der Waals surface area contributed by atoms with E-state index in [-0.39, 0.29) is 37.3 Å². The zero-order valence-electron chi connectivity index (χ0n) is 32.9. The van der Waals surface area contributed by atoms with Crippen LogP contribution in [0.5, 0.6) is 0 Å². The molecule has 1 aliphatic heterocycles. The SMILES string of the molecule is CC(C)(C)c1cc(N2[CH-]N(c3[c-]c(Cc4[c-]c5c(cc4)c4ccccc4n5-c4cc(C(C)(C)C)ccn4)ccc3)c3ccccc32)cc(C(C)(C)C)c1.[Pt]. The minimum absolute atomic E-state index is 0. The summed E-state index contributed by atoms with van der Waals surface area (Å²) in [5.41, 5.74) is 12.9. The molecule has 0 bridgehead atoms. The van der Waals surface area contributed by atoms with Crippen LogP contribution in [0.3, 0.4) is 0 Å². The van der Waals surface area contributed by atoms with E-state index in [1.165, 1.54) is 33.2 Å². The molecule has 1 aliphatic rings. The molecule has 278 valence electrons. The molecule has 0 aliphatic carbocycles. The zero-order chi connectivity index (χ0) is 37.3. The van der Waals surface area contributed by atoms with E-state index >= 15 is 0 Å². The third kappa shape index (κ3) is 7.02. The quantitative estimate of drug-likeness (QED) is 0.161. The summed E-state index contributed by atoms with van der Waals surface area (Å²) in [4.78, 5) is 9.48. The molecule has 0 spiro atoms. The molecule has 0 amide bonds. The maximum Gasteiger partial charge on any atom is 0.135 e. The molecular weight excluding hydrogens is 840 g/mol. The fourth-order valence-corrected chi connectivity index (χ4v) is 7.36. The van der Waals surface area contributed by atoms with Crippen molar-refractivity contribution >= 4 is 44.6 Å². The van der Waals surface area contributed by atoms with Crippen LogP contribution in [0.2, 0.25) is 0 Å². The molecule has 5 aromatic carbocycles. The molecule has 5 heteroatoms. The first kappa shape index (κ1) is 37.6. The smallest absolute Gasteiger partial charge is 0.135 e. The first-order chi connectivity index (χ1) is 25.1. The van der Waals surface area contributed by atoms with Crippen LogP contribution in [0, 0.1) is 18.8 Å². The second kappa shape index (κ2) is 13.9. The number of anilines is 4. The summed E-state index contributed by atoms with van der Waals surface area (Å²) in [5, 5.41) is 2.39. The maximum atomic E-state index is 4.87. The van der Waals surface area contributed by atoms with Crippen LogP contribution in [0.1, 0.15) is 90.1 Å². The number of pyridine rings is 1. The first-order valence-electron chi connectivity index (χ1n) is 18.8. The van der Waals surface area contributed by atoms with E-state index < -0.39 is 0 Å². The minimum Gasteiger partial charge on any atom is -0.493 e. The van der Waals surface area contributed by atoms with Crippen LogP contribution in [0.4, 0.5) is 22.7 Å². The zero-order valence-corrected chi connectivity index (χ0v) is 35.1. The van der Waals surface area contributed by atoms with Crippen LogP contribution < -0.4 is 9.80 Å². The Labute approximate surface area is 336 Å². The van der Waals surface area contributed by atoms with Gasteiger partial charge in [0.15, 0.2) is 0 Å². The van der Waals surface area contributed by atoms with Gasteiger partial charge in [0, 0.05) is 49.8 Å². The number of nitrogens with zero attached hydrogens (tertiary/aromatic N) is 4. The largest absolute Gasteiger partial charge is 0.493 e. The Morgan fingerprint density at radius 1 is 0.574 bits per heavy atom. The van der Waals surface area contributed by atoms with Gasteiger partial charge in [0.25, 0.3) is 0 Å². The topological polar surface area (TPSA) is 24.3 Å². The second-order valence-electron chi connectivity index (χ2n) is 17.6. The molecule has 54 heavy (non-hydrogen) atoms. The van der Waals surface area contributed by atoms with Crippen LogP contribution in [0.15, 0.2) is 115 Å². The average molecular weight is 889 g/mol. The van der Waals surface area contributed by atoms with Crippen molar-refractivity contribution in [3.63, 3.8) is 0 Å². The number of aromatic nitrogens is 2.